The lowest BCUT2D eigenvalue weighted by molar-refractivity contribution is -0.139. The first-order valence-electron chi connectivity index (χ1n) is 10.6. The minimum absolute atomic E-state index is 0.0856. The molecule has 0 aromatic heterocycles. The highest BCUT2D eigenvalue weighted by atomic mass is 28.4. The van der Waals surface area contributed by atoms with E-state index in [1.807, 2.05) is 30.3 Å². The molecule has 1 rings (SSSR count). The predicted molar refractivity (Wildman–Crippen MR) is 122 cm³/mol. The van der Waals surface area contributed by atoms with Gasteiger partial charge in [0, 0.05) is 12.0 Å². The number of hydrogen-bond donors (Lipinski definition) is 0. The number of esters is 1. The molecule has 0 aliphatic heterocycles. The van der Waals surface area contributed by atoms with E-state index in [1.54, 1.807) is 6.92 Å². The Labute approximate surface area is 178 Å². The second-order valence-electron chi connectivity index (χ2n) is 9.45. The number of hydrogen-bond acceptors (Lipinski definition) is 4. The predicted octanol–water partition coefficient (Wildman–Crippen LogP) is 6.13. The van der Waals surface area contributed by atoms with E-state index in [0.29, 0.717) is 25.2 Å². The minimum Gasteiger partial charge on any atom is -0.463 e. The van der Waals surface area contributed by atoms with Crippen LogP contribution in [0.15, 0.2) is 42.5 Å². The lowest BCUT2D eigenvalue weighted by Crippen LogP contribution is -2.49. The molecule has 29 heavy (non-hydrogen) atoms. The zero-order valence-electron chi connectivity index (χ0n) is 19.6. The van der Waals surface area contributed by atoms with Gasteiger partial charge in [-0.1, -0.05) is 71.5 Å². The van der Waals surface area contributed by atoms with Gasteiger partial charge in [0.25, 0.3) is 0 Å². The standard InChI is InChI=1S/C24H40O4Si/c1-10-26-23(25)19(4)16-21(27-17-20-14-12-11-13-15-20)22(18(2)3)28-29(8,9)24(5,6)7/h11-15,18,21-22H,4,10,16-17H2,1-3,5-9H3/t21-,22-/m0/s1. The summed E-state index contributed by atoms with van der Waals surface area (Å²) in [5.74, 6) is -0.129. The van der Waals surface area contributed by atoms with Gasteiger partial charge in [-0.15, -0.1) is 0 Å². The fraction of sp³-hybridized carbons (Fsp3) is 0.625. The van der Waals surface area contributed by atoms with Crippen LogP contribution in [0.2, 0.25) is 18.1 Å². The van der Waals surface area contributed by atoms with E-state index in [9.17, 15) is 4.79 Å². The molecule has 0 heterocycles. The van der Waals surface area contributed by atoms with E-state index in [1.165, 1.54) is 0 Å². The zero-order valence-corrected chi connectivity index (χ0v) is 20.6. The van der Waals surface area contributed by atoms with Crippen molar-refractivity contribution in [1.82, 2.24) is 0 Å². The molecule has 2 atom stereocenters. The van der Waals surface area contributed by atoms with Crippen molar-refractivity contribution in [3.05, 3.63) is 48.0 Å². The van der Waals surface area contributed by atoms with E-state index in [2.05, 4.69) is 54.3 Å². The molecule has 4 nitrogen and oxygen atoms in total. The monoisotopic (exact) mass is 420 g/mol. The number of benzene rings is 1. The minimum atomic E-state index is -2.02. The third-order valence-corrected chi connectivity index (χ3v) is 10.1. The summed E-state index contributed by atoms with van der Waals surface area (Å²) in [5.41, 5.74) is 1.52. The van der Waals surface area contributed by atoms with Crippen LogP contribution in [0.3, 0.4) is 0 Å². The zero-order chi connectivity index (χ0) is 22.2. The summed E-state index contributed by atoms with van der Waals surface area (Å²) in [6, 6.07) is 10.1. The van der Waals surface area contributed by atoms with Crippen LogP contribution in [0.1, 0.15) is 53.5 Å². The molecule has 0 unspecified atom stereocenters. The maximum atomic E-state index is 12.2. The van der Waals surface area contributed by atoms with Crippen LogP contribution in [0, 0.1) is 5.92 Å². The summed E-state index contributed by atoms with van der Waals surface area (Å²) in [4.78, 5) is 12.2. The number of rotatable bonds is 11. The molecule has 0 aliphatic carbocycles. The molecule has 0 bridgehead atoms. The van der Waals surface area contributed by atoms with Crippen molar-refractivity contribution in [2.24, 2.45) is 5.92 Å². The van der Waals surface area contributed by atoms with Gasteiger partial charge in [0.1, 0.15) is 0 Å². The van der Waals surface area contributed by atoms with Gasteiger partial charge in [-0.25, -0.2) is 4.79 Å². The molecule has 1 aromatic carbocycles. The average Bonchev–Trinajstić information content (AvgIpc) is 2.63. The van der Waals surface area contributed by atoms with Gasteiger partial charge in [0.05, 0.1) is 25.4 Å². The van der Waals surface area contributed by atoms with Gasteiger partial charge in [-0.2, -0.15) is 0 Å². The lowest BCUT2D eigenvalue weighted by atomic mass is 9.96. The van der Waals surface area contributed by atoms with Crippen LogP contribution >= 0.6 is 0 Å². The van der Waals surface area contributed by atoms with Crippen LogP contribution in [0.5, 0.6) is 0 Å². The first-order valence-corrected chi connectivity index (χ1v) is 13.5. The highest BCUT2D eigenvalue weighted by Crippen LogP contribution is 2.39. The second kappa shape index (κ2) is 11.1. The van der Waals surface area contributed by atoms with Gasteiger partial charge in [-0.05, 0) is 36.5 Å². The summed E-state index contributed by atoms with van der Waals surface area (Å²) in [5, 5.41) is 0.0856. The summed E-state index contributed by atoms with van der Waals surface area (Å²) in [6.07, 6.45) is -0.0182. The first kappa shape index (κ1) is 25.6. The average molecular weight is 421 g/mol. The van der Waals surface area contributed by atoms with Crippen molar-refractivity contribution >= 4 is 14.3 Å². The summed E-state index contributed by atoms with van der Waals surface area (Å²) >= 11 is 0. The molecule has 0 amide bonds. The van der Waals surface area contributed by atoms with Crippen molar-refractivity contribution in [3.63, 3.8) is 0 Å². The van der Waals surface area contributed by atoms with E-state index in [-0.39, 0.29) is 29.1 Å². The third kappa shape index (κ3) is 8.07. The Hall–Kier alpha value is -1.43. The van der Waals surface area contributed by atoms with Crippen molar-refractivity contribution in [2.75, 3.05) is 6.61 Å². The smallest absolute Gasteiger partial charge is 0.333 e. The molecule has 0 spiro atoms. The maximum absolute atomic E-state index is 12.2. The van der Waals surface area contributed by atoms with Gasteiger partial charge < -0.3 is 13.9 Å². The van der Waals surface area contributed by atoms with E-state index < -0.39 is 8.32 Å². The Kier molecular flexibility index (Phi) is 9.79. The highest BCUT2D eigenvalue weighted by molar-refractivity contribution is 6.74. The van der Waals surface area contributed by atoms with Crippen LogP contribution in [-0.2, 0) is 25.3 Å². The lowest BCUT2D eigenvalue weighted by Gasteiger charge is -2.43. The number of carbonyl (C=O) groups excluding carboxylic acids is 1. The Morgan fingerprint density at radius 3 is 2.21 bits per heavy atom. The second-order valence-corrected chi connectivity index (χ2v) is 14.2. The molecule has 0 radical (unpaired) electrons. The molecular weight excluding hydrogens is 380 g/mol. The molecule has 1 aromatic rings. The first-order chi connectivity index (χ1) is 13.4. The quantitative estimate of drug-likeness (QED) is 0.245. The maximum Gasteiger partial charge on any atom is 0.333 e. The van der Waals surface area contributed by atoms with Crippen molar-refractivity contribution in [3.8, 4) is 0 Å². The summed E-state index contributed by atoms with van der Waals surface area (Å²) in [7, 11) is -2.02. The van der Waals surface area contributed by atoms with Crippen molar-refractivity contribution in [1.29, 1.82) is 0 Å². The molecule has 0 saturated heterocycles. The van der Waals surface area contributed by atoms with Gasteiger partial charge >= 0.3 is 5.97 Å². The van der Waals surface area contributed by atoms with Crippen molar-refractivity contribution < 1.29 is 18.7 Å². The molecule has 0 N–H and O–H groups in total. The SMILES string of the molecule is C=C(C[C@H](OCc1ccccc1)[C@@H](O[Si](C)(C)C(C)(C)C)C(C)C)C(=O)OCC. The van der Waals surface area contributed by atoms with Crippen LogP contribution in [0.25, 0.3) is 0 Å². The van der Waals surface area contributed by atoms with E-state index in [0.717, 1.165) is 5.56 Å². The van der Waals surface area contributed by atoms with Crippen molar-refractivity contribution in [2.45, 2.75) is 84.9 Å². The Bertz CT molecular complexity index is 647. The van der Waals surface area contributed by atoms with E-state index in [4.69, 9.17) is 13.9 Å². The summed E-state index contributed by atoms with van der Waals surface area (Å²) in [6.45, 7) is 22.0. The number of carbonyl (C=O) groups is 1. The van der Waals surface area contributed by atoms with Gasteiger partial charge in [0.15, 0.2) is 8.32 Å². The Balaban J connectivity index is 3.08. The molecule has 0 saturated carbocycles. The normalized spacial score (nSPS) is 14.5. The fourth-order valence-electron chi connectivity index (χ4n) is 2.77. The Morgan fingerprint density at radius 1 is 1.14 bits per heavy atom. The van der Waals surface area contributed by atoms with Gasteiger partial charge in [0.2, 0.25) is 0 Å². The molecule has 0 fully saturated rings. The third-order valence-electron chi connectivity index (χ3n) is 5.58. The van der Waals surface area contributed by atoms with Crippen LogP contribution in [-0.4, -0.2) is 33.1 Å². The highest BCUT2D eigenvalue weighted by Gasteiger charge is 2.42. The van der Waals surface area contributed by atoms with Crippen LogP contribution in [0.4, 0.5) is 0 Å². The molecule has 164 valence electrons. The fourth-order valence-corrected chi connectivity index (χ4v) is 4.22. The number of ether oxygens (including phenoxy) is 2. The van der Waals surface area contributed by atoms with E-state index >= 15 is 0 Å². The summed E-state index contributed by atoms with van der Waals surface area (Å²) < 4.78 is 18.2. The van der Waals surface area contributed by atoms with Crippen LogP contribution < -0.4 is 0 Å². The molecular formula is C24H40O4Si. The Morgan fingerprint density at radius 2 is 1.72 bits per heavy atom. The van der Waals surface area contributed by atoms with Gasteiger partial charge in [-0.3, -0.25) is 0 Å². The largest absolute Gasteiger partial charge is 0.463 e. The molecule has 0 aliphatic rings. The topological polar surface area (TPSA) is 44.8 Å². The molecule has 5 heteroatoms.